The molecule has 0 saturated carbocycles. The molecule has 3 heterocycles. The van der Waals surface area contributed by atoms with Crippen molar-refractivity contribution in [3.63, 3.8) is 0 Å². The molecule has 1 fully saturated rings. The van der Waals surface area contributed by atoms with Gasteiger partial charge in [-0.15, -0.1) is 11.3 Å². The van der Waals surface area contributed by atoms with Crippen LogP contribution in [0, 0.1) is 0 Å². The van der Waals surface area contributed by atoms with Gasteiger partial charge in [-0.2, -0.15) is 0 Å². The zero-order valence-corrected chi connectivity index (χ0v) is 17.6. The van der Waals surface area contributed by atoms with E-state index < -0.39 is 24.4 Å². The van der Waals surface area contributed by atoms with E-state index in [4.69, 9.17) is 20.8 Å². The van der Waals surface area contributed by atoms with Crippen molar-refractivity contribution in [2.24, 2.45) is 5.73 Å². The molecule has 0 atom stereocenters. The number of hydrogen-bond acceptors (Lipinski definition) is 6. The third kappa shape index (κ3) is 3.57. The lowest BCUT2D eigenvalue weighted by atomic mass is 9.79. The molecule has 29 heavy (non-hydrogen) atoms. The molecule has 150 valence electrons. The Labute approximate surface area is 173 Å². The molecule has 4 rings (SSSR count). The van der Waals surface area contributed by atoms with Crippen molar-refractivity contribution in [3.8, 4) is 10.4 Å². The number of amides is 2. The molecule has 2 aromatic heterocycles. The topological polar surface area (TPSA) is 112 Å². The number of urea groups is 1. The van der Waals surface area contributed by atoms with E-state index in [1.54, 1.807) is 17.5 Å². The SMILES string of the molecule is CC1(C)OB(c2cnc(N)c(-c3cc4cc(NC(N)=O)ccc4s3)c2)OC1(C)C. The number of pyridine rings is 1. The summed E-state index contributed by atoms with van der Waals surface area (Å²) in [4.78, 5) is 16.4. The number of anilines is 2. The number of nitrogen functional groups attached to an aromatic ring is 1. The van der Waals surface area contributed by atoms with Crippen LogP contribution in [-0.2, 0) is 9.31 Å². The first-order valence-electron chi connectivity index (χ1n) is 9.27. The van der Waals surface area contributed by atoms with E-state index in [0.29, 0.717) is 11.5 Å². The smallest absolute Gasteiger partial charge is 0.399 e. The van der Waals surface area contributed by atoms with Crippen LogP contribution in [0.25, 0.3) is 20.5 Å². The zero-order chi connectivity index (χ0) is 21.0. The van der Waals surface area contributed by atoms with E-state index in [-0.39, 0.29) is 0 Å². The van der Waals surface area contributed by atoms with E-state index in [2.05, 4.69) is 10.3 Å². The summed E-state index contributed by atoms with van der Waals surface area (Å²) in [7, 11) is -0.507. The number of carbonyl (C=O) groups is 1. The third-order valence-electron chi connectivity index (χ3n) is 5.51. The molecule has 9 heteroatoms. The van der Waals surface area contributed by atoms with Crippen molar-refractivity contribution in [3.05, 3.63) is 36.5 Å². The molecule has 3 aromatic rings. The highest BCUT2D eigenvalue weighted by Crippen LogP contribution is 2.38. The highest BCUT2D eigenvalue weighted by atomic mass is 32.1. The maximum atomic E-state index is 11.1. The minimum absolute atomic E-state index is 0.430. The predicted octanol–water partition coefficient (Wildman–Crippen LogP) is 3.34. The Bertz CT molecular complexity index is 1100. The summed E-state index contributed by atoms with van der Waals surface area (Å²) >= 11 is 1.60. The summed E-state index contributed by atoms with van der Waals surface area (Å²) in [5.41, 5.74) is 12.8. The van der Waals surface area contributed by atoms with Crippen molar-refractivity contribution in [1.82, 2.24) is 4.98 Å². The largest absolute Gasteiger partial charge is 0.496 e. The van der Waals surface area contributed by atoms with Crippen molar-refractivity contribution >= 4 is 51.5 Å². The lowest BCUT2D eigenvalue weighted by molar-refractivity contribution is 0.00578. The summed E-state index contributed by atoms with van der Waals surface area (Å²) in [5.74, 6) is 0.437. The molecule has 0 bridgehead atoms. The van der Waals surface area contributed by atoms with E-state index >= 15 is 0 Å². The second-order valence-electron chi connectivity index (χ2n) is 8.14. The number of primary amides is 1. The summed E-state index contributed by atoms with van der Waals surface area (Å²) in [6, 6.07) is 9.03. The number of nitrogens with two attached hydrogens (primary N) is 2. The van der Waals surface area contributed by atoms with E-state index in [1.807, 2.05) is 58.0 Å². The van der Waals surface area contributed by atoms with Crippen molar-refractivity contribution in [1.29, 1.82) is 0 Å². The normalized spacial score (nSPS) is 17.6. The summed E-state index contributed by atoms with van der Waals surface area (Å²) < 4.78 is 13.3. The van der Waals surface area contributed by atoms with Gasteiger partial charge in [0.1, 0.15) is 5.82 Å². The molecule has 0 unspecified atom stereocenters. The second-order valence-corrected chi connectivity index (χ2v) is 9.23. The van der Waals surface area contributed by atoms with E-state index in [0.717, 1.165) is 26.0 Å². The Morgan fingerprint density at radius 3 is 2.48 bits per heavy atom. The fourth-order valence-corrected chi connectivity index (χ4v) is 4.26. The molecule has 2 amide bonds. The number of hydrogen-bond donors (Lipinski definition) is 3. The first-order chi connectivity index (χ1) is 13.6. The fraction of sp³-hybridized carbons (Fsp3) is 0.300. The number of fused-ring (bicyclic) bond motifs is 1. The minimum Gasteiger partial charge on any atom is -0.399 e. The number of aromatic nitrogens is 1. The molecular weight excluding hydrogens is 387 g/mol. The van der Waals surface area contributed by atoms with Gasteiger partial charge >= 0.3 is 13.1 Å². The molecule has 7 nitrogen and oxygen atoms in total. The van der Waals surface area contributed by atoms with Gasteiger partial charge in [0.25, 0.3) is 0 Å². The van der Waals surface area contributed by atoms with Crippen LogP contribution >= 0.6 is 11.3 Å². The van der Waals surface area contributed by atoms with Crippen molar-refractivity contribution < 1.29 is 14.1 Å². The average molecular weight is 410 g/mol. The summed E-state index contributed by atoms with van der Waals surface area (Å²) in [6.07, 6.45) is 1.70. The number of carbonyl (C=O) groups excluding carboxylic acids is 1. The highest BCUT2D eigenvalue weighted by Gasteiger charge is 2.51. The molecule has 5 N–H and O–H groups in total. The van der Waals surface area contributed by atoms with Gasteiger partial charge in [-0.25, -0.2) is 9.78 Å². The summed E-state index contributed by atoms with van der Waals surface area (Å²) in [5, 5.41) is 3.58. The van der Waals surface area contributed by atoms with Gasteiger partial charge < -0.3 is 26.1 Å². The maximum Gasteiger partial charge on any atom is 0.496 e. The monoisotopic (exact) mass is 410 g/mol. The third-order valence-corrected chi connectivity index (χ3v) is 6.66. The zero-order valence-electron chi connectivity index (χ0n) is 16.8. The first kappa shape index (κ1) is 19.7. The second kappa shape index (κ2) is 6.72. The van der Waals surface area contributed by atoms with Crippen LogP contribution in [0.1, 0.15) is 27.7 Å². The molecule has 1 saturated heterocycles. The lowest BCUT2D eigenvalue weighted by Gasteiger charge is -2.32. The van der Waals surface area contributed by atoms with Crippen LogP contribution in [-0.4, -0.2) is 29.3 Å². The van der Waals surface area contributed by atoms with Crippen LogP contribution in [0.4, 0.5) is 16.3 Å². The van der Waals surface area contributed by atoms with Gasteiger partial charge in [-0.05, 0) is 63.4 Å². The Kier molecular flexibility index (Phi) is 4.56. The molecule has 0 radical (unpaired) electrons. The Morgan fingerprint density at radius 2 is 1.83 bits per heavy atom. The standard InChI is InChI=1S/C20H23BN4O3S/c1-19(2)20(3,4)28-21(27-19)12-9-14(17(22)24-10-12)16-8-11-7-13(25-18(23)26)5-6-15(11)29-16/h5-10H,1-4H3,(H2,22,24)(H3,23,25,26). The first-order valence-corrected chi connectivity index (χ1v) is 10.1. The van der Waals surface area contributed by atoms with Gasteiger partial charge in [0.2, 0.25) is 0 Å². The molecular formula is C20H23BN4O3S. The Balaban J connectivity index is 1.70. The molecule has 0 spiro atoms. The number of rotatable bonds is 3. The van der Waals surface area contributed by atoms with Crippen LogP contribution in [0.3, 0.4) is 0 Å². The number of thiophene rings is 1. The van der Waals surface area contributed by atoms with Gasteiger partial charge in [-0.3, -0.25) is 0 Å². The molecule has 1 aliphatic heterocycles. The van der Waals surface area contributed by atoms with Gasteiger partial charge in [0.15, 0.2) is 0 Å². The van der Waals surface area contributed by atoms with Crippen LogP contribution in [0.15, 0.2) is 36.5 Å². The molecule has 0 aliphatic carbocycles. The van der Waals surface area contributed by atoms with Crippen LogP contribution in [0.2, 0.25) is 0 Å². The quantitative estimate of drug-likeness (QED) is 0.574. The van der Waals surface area contributed by atoms with Gasteiger partial charge in [-0.1, -0.05) is 0 Å². The minimum atomic E-state index is -0.594. The Morgan fingerprint density at radius 1 is 1.14 bits per heavy atom. The van der Waals surface area contributed by atoms with E-state index in [1.165, 1.54) is 0 Å². The number of nitrogens with one attached hydrogen (secondary N) is 1. The van der Waals surface area contributed by atoms with Crippen molar-refractivity contribution in [2.75, 3.05) is 11.1 Å². The van der Waals surface area contributed by atoms with Crippen LogP contribution < -0.4 is 22.2 Å². The molecule has 1 aromatic carbocycles. The van der Waals surface area contributed by atoms with E-state index in [9.17, 15) is 4.79 Å². The summed E-state index contributed by atoms with van der Waals surface area (Å²) in [6.45, 7) is 8.06. The predicted molar refractivity (Wildman–Crippen MR) is 118 cm³/mol. The lowest BCUT2D eigenvalue weighted by Crippen LogP contribution is -2.41. The van der Waals surface area contributed by atoms with Crippen molar-refractivity contribution in [2.45, 2.75) is 38.9 Å². The number of nitrogens with zero attached hydrogens (tertiary/aromatic N) is 1. The Hall–Kier alpha value is -2.62. The maximum absolute atomic E-state index is 11.1. The van der Waals surface area contributed by atoms with Gasteiger partial charge in [0.05, 0.1) is 11.2 Å². The van der Waals surface area contributed by atoms with Gasteiger partial charge in [0, 0.05) is 32.5 Å². The highest BCUT2D eigenvalue weighted by molar-refractivity contribution is 7.22. The number of benzene rings is 1. The van der Waals surface area contributed by atoms with Crippen LogP contribution in [0.5, 0.6) is 0 Å². The average Bonchev–Trinajstić information content (AvgIpc) is 3.12. The molecule has 1 aliphatic rings. The fourth-order valence-electron chi connectivity index (χ4n) is 3.19.